The van der Waals surface area contributed by atoms with Crippen LogP contribution in [0.25, 0.3) is 10.2 Å². The molecule has 11 heteroatoms. The van der Waals surface area contributed by atoms with Crippen molar-refractivity contribution in [1.29, 1.82) is 0 Å². The van der Waals surface area contributed by atoms with Crippen molar-refractivity contribution in [2.75, 3.05) is 36.0 Å². The molecule has 6 nitrogen and oxygen atoms in total. The SMILES string of the molecule is C[C@@H]1CN(c2ccc(C(F)(F)F)c3c2CN(c2nc4ccc(F)cc4s2)CC3)CCN1C(=O)OC(C)(C)C. The zero-order chi connectivity index (χ0) is 27.4. The third kappa shape index (κ3) is 5.25. The summed E-state index contributed by atoms with van der Waals surface area (Å²) in [5.41, 5.74) is 1.10. The molecule has 1 atom stereocenters. The van der Waals surface area contributed by atoms with Crippen LogP contribution in [0.2, 0.25) is 0 Å². The molecule has 0 aliphatic carbocycles. The third-order valence-electron chi connectivity index (χ3n) is 6.90. The normalized spacial score (nSPS) is 18.6. The van der Waals surface area contributed by atoms with Gasteiger partial charge in [0.1, 0.15) is 11.4 Å². The molecule has 0 radical (unpaired) electrons. The molecule has 0 unspecified atom stereocenters. The number of halogens is 4. The predicted molar refractivity (Wildman–Crippen MR) is 140 cm³/mol. The number of rotatable bonds is 2. The van der Waals surface area contributed by atoms with Crippen molar-refractivity contribution in [2.45, 2.75) is 58.5 Å². The summed E-state index contributed by atoms with van der Waals surface area (Å²) in [5, 5.41) is 0.655. The number of carbonyl (C=O) groups excluding carboxylic acids is 1. The van der Waals surface area contributed by atoms with Gasteiger partial charge in [-0.05, 0) is 75.6 Å². The number of thiazole rings is 1. The largest absolute Gasteiger partial charge is 0.444 e. The second-order valence-corrected chi connectivity index (χ2v) is 11.8. The first-order valence-electron chi connectivity index (χ1n) is 12.6. The predicted octanol–water partition coefficient (Wildman–Crippen LogP) is 6.46. The topological polar surface area (TPSA) is 48.9 Å². The van der Waals surface area contributed by atoms with Gasteiger partial charge in [-0.2, -0.15) is 13.2 Å². The highest BCUT2D eigenvalue weighted by atomic mass is 32.1. The summed E-state index contributed by atoms with van der Waals surface area (Å²) >= 11 is 1.33. The lowest BCUT2D eigenvalue weighted by Crippen LogP contribution is -2.55. The molecule has 1 amide bonds. The molecule has 3 aromatic rings. The number of alkyl halides is 3. The van der Waals surface area contributed by atoms with E-state index >= 15 is 0 Å². The summed E-state index contributed by atoms with van der Waals surface area (Å²) in [4.78, 5) is 23.0. The number of carbonyl (C=O) groups is 1. The van der Waals surface area contributed by atoms with Gasteiger partial charge < -0.3 is 19.4 Å². The minimum atomic E-state index is -4.46. The lowest BCUT2D eigenvalue weighted by molar-refractivity contribution is -0.138. The zero-order valence-electron chi connectivity index (χ0n) is 21.7. The molecule has 2 aromatic carbocycles. The van der Waals surface area contributed by atoms with Crippen molar-refractivity contribution in [2.24, 2.45) is 0 Å². The van der Waals surface area contributed by atoms with E-state index in [1.54, 1.807) is 17.0 Å². The minimum absolute atomic E-state index is 0.185. The molecule has 0 saturated carbocycles. The standard InChI is InChI=1S/C27H30F4N4O2S/c1-16-14-33(11-12-35(16)25(36)37-26(2,3)4)22-8-6-20(27(29,30)31)18-9-10-34(15-19(18)22)24-32-21-7-5-17(28)13-23(21)38-24/h5-8,13,16H,9-12,14-15H2,1-4H3/t16-/m1/s1. The van der Waals surface area contributed by atoms with Crippen LogP contribution in [0.3, 0.4) is 0 Å². The highest BCUT2D eigenvalue weighted by Crippen LogP contribution is 2.42. The summed E-state index contributed by atoms with van der Waals surface area (Å²) in [6, 6.07) is 6.93. The van der Waals surface area contributed by atoms with Crippen molar-refractivity contribution in [3.63, 3.8) is 0 Å². The summed E-state index contributed by atoms with van der Waals surface area (Å²) in [7, 11) is 0. The van der Waals surface area contributed by atoms with E-state index in [0.29, 0.717) is 52.7 Å². The van der Waals surface area contributed by atoms with Crippen molar-refractivity contribution >= 4 is 38.5 Å². The first kappa shape index (κ1) is 26.5. The van der Waals surface area contributed by atoms with Crippen LogP contribution in [0.1, 0.15) is 44.4 Å². The van der Waals surface area contributed by atoms with Gasteiger partial charge in [0.05, 0.1) is 15.8 Å². The Balaban J connectivity index is 1.45. The van der Waals surface area contributed by atoms with Crippen LogP contribution >= 0.6 is 11.3 Å². The number of ether oxygens (including phenoxy) is 1. The molecule has 0 bridgehead atoms. The molecule has 1 aromatic heterocycles. The number of nitrogens with zero attached hydrogens (tertiary/aromatic N) is 4. The molecule has 0 N–H and O–H groups in total. The molecule has 204 valence electrons. The molecule has 0 spiro atoms. The number of hydrogen-bond acceptors (Lipinski definition) is 6. The number of piperazine rings is 1. The van der Waals surface area contributed by atoms with E-state index < -0.39 is 23.4 Å². The van der Waals surface area contributed by atoms with Crippen molar-refractivity contribution in [3.8, 4) is 0 Å². The number of fused-ring (bicyclic) bond motifs is 2. The van der Waals surface area contributed by atoms with Gasteiger partial charge in [-0.1, -0.05) is 11.3 Å². The number of amides is 1. The van der Waals surface area contributed by atoms with E-state index in [4.69, 9.17) is 4.74 Å². The van der Waals surface area contributed by atoms with Crippen LogP contribution in [0, 0.1) is 5.82 Å². The second kappa shape index (κ2) is 9.59. The third-order valence-corrected chi connectivity index (χ3v) is 7.98. The van der Waals surface area contributed by atoms with Crippen LogP contribution in [0.15, 0.2) is 30.3 Å². The van der Waals surface area contributed by atoms with E-state index in [0.717, 1.165) is 5.69 Å². The summed E-state index contributed by atoms with van der Waals surface area (Å²) in [5.74, 6) is -0.353. The van der Waals surface area contributed by atoms with Gasteiger partial charge in [-0.15, -0.1) is 0 Å². The van der Waals surface area contributed by atoms with Gasteiger partial charge >= 0.3 is 12.3 Å². The fourth-order valence-electron chi connectivity index (χ4n) is 5.17. The molecule has 3 heterocycles. The summed E-state index contributed by atoms with van der Waals surface area (Å²) in [6.45, 7) is 9.34. The van der Waals surface area contributed by atoms with Crippen LogP contribution in [-0.2, 0) is 23.9 Å². The molecule has 38 heavy (non-hydrogen) atoms. The summed E-state index contributed by atoms with van der Waals surface area (Å²) < 4.78 is 61.8. The smallest absolute Gasteiger partial charge is 0.416 e. The fraction of sp³-hybridized carbons (Fsp3) is 0.481. The van der Waals surface area contributed by atoms with Crippen LogP contribution in [0.5, 0.6) is 0 Å². The minimum Gasteiger partial charge on any atom is -0.444 e. The zero-order valence-corrected chi connectivity index (χ0v) is 22.5. The fourth-order valence-corrected chi connectivity index (χ4v) is 6.19. The maximum absolute atomic E-state index is 14.0. The average molecular weight is 551 g/mol. The molecule has 2 aliphatic heterocycles. The van der Waals surface area contributed by atoms with E-state index in [-0.39, 0.29) is 24.8 Å². The van der Waals surface area contributed by atoms with Crippen molar-refractivity contribution in [1.82, 2.24) is 9.88 Å². The molecular weight excluding hydrogens is 520 g/mol. The van der Waals surface area contributed by atoms with Crippen LogP contribution in [0.4, 0.5) is 33.2 Å². The first-order valence-corrected chi connectivity index (χ1v) is 13.4. The van der Waals surface area contributed by atoms with Gasteiger partial charge in [-0.25, -0.2) is 14.2 Å². The van der Waals surface area contributed by atoms with Crippen LogP contribution in [-0.4, -0.2) is 53.8 Å². The van der Waals surface area contributed by atoms with Gasteiger partial charge in [0.15, 0.2) is 5.13 Å². The van der Waals surface area contributed by atoms with E-state index in [1.165, 1.54) is 29.5 Å². The Hall–Kier alpha value is -3.08. The molecule has 2 aliphatic rings. The quantitative estimate of drug-likeness (QED) is 0.343. The highest BCUT2D eigenvalue weighted by molar-refractivity contribution is 7.22. The summed E-state index contributed by atoms with van der Waals surface area (Å²) in [6.07, 6.45) is -4.63. The Labute approximate surface area is 222 Å². The molecule has 1 fully saturated rings. The van der Waals surface area contributed by atoms with E-state index in [1.807, 2.05) is 32.6 Å². The van der Waals surface area contributed by atoms with Gasteiger partial charge in [-0.3, -0.25) is 0 Å². The average Bonchev–Trinajstić information content (AvgIpc) is 3.24. The Bertz CT molecular complexity index is 1370. The van der Waals surface area contributed by atoms with E-state index in [2.05, 4.69) is 9.88 Å². The lowest BCUT2D eigenvalue weighted by Gasteiger charge is -2.43. The Morgan fingerprint density at radius 3 is 2.50 bits per heavy atom. The molecule has 1 saturated heterocycles. The maximum Gasteiger partial charge on any atom is 0.416 e. The molecular formula is C27H30F4N4O2S. The number of hydrogen-bond donors (Lipinski definition) is 0. The van der Waals surface area contributed by atoms with Crippen LogP contribution < -0.4 is 9.80 Å². The number of aromatic nitrogens is 1. The van der Waals surface area contributed by atoms with Crippen molar-refractivity contribution in [3.05, 3.63) is 52.8 Å². The molecule has 5 rings (SSSR count). The van der Waals surface area contributed by atoms with Gasteiger partial charge in [0.2, 0.25) is 0 Å². The van der Waals surface area contributed by atoms with Crippen molar-refractivity contribution < 1.29 is 27.1 Å². The van der Waals surface area contributed by atoms with E-state index in [9.17, 15) is 22.4 Å². The van der Waals surface area contributed by atoms with Gasteiger partial charge in [0, 0.05) is 44.5 Å². The Morgan fingerprint density at radius 2 is 1.82 bits per heavy atom. The Kier molecular flexibility index (Phi) is 6.69. The Morgan fingerprint density at radius 1 is 1.05 bits per heavy atom. The highest BCUT2D eigenvalue weighted by Gasteiger charge is 2.38. The second-order valence-electron chi connectivity index (χ2n) is 10.8. The maximum atomic E-state index is 14.0. The first-order chi connectivity index (χ1) is 17.8. The van der Waals surface area contributed by atoms with Gasteiger partial charge in [0.25, 0.3) is 0 Å². The number of benzene rings is 2. The number of anilines is 2. The lowest BCUT2D eigenvalue weighted by atomic mass is 9.92. The monoisotopic (exact) mass is 550 g/mol.